The molecule has 2 N–H and O–H groups in total. The minimum absolute atomic E-state index is 0.165. The van der Waals surface area contributed by atoms with Gasteiger partial charge < -0.3 is 15.4 Å². The van der Waals surface area contributed by atoms with Gasteiger partial charge >= 0.3 is 6.09 Å². The average molecular weight is 296 g/mol. The lowest BCUT2D eigenvalue weighted by Crippen LogP contribution is -2.51. The SMILES string of the molecule is CC(NCC(C)(C)NC(=O)OC(C)(C)C)c1cnn(C)c1. The van der Waals surface area contributed by atoms with Gasteiger partial charge in [-0.15, -0.1) is 0 Å². The van der Waals surface area contributed by atoms with Crippen LogP contribution >= 0.6 is 0 Å². The molecule has 0 bridgehead atoms. The Bertz CT molecular complexity index is 474. The van der Waals surface area contributed by atoms with Crippen LogP contribution < -0.4 is 10.6 Å². The summed E-state index contributed by atoms with van der Waals surface area (Å²) in [5.74, 6) is 0. The third-order valence-corrected chi connectivity index (χ3v) is 2.91. The highest BCUT2D eigenvalue weighted by molar-refractivity contribution is 5.68. The van der Waals surface area contributed by atoms with Gasteiger partial charge in [0.2, 0.25) is 0 Å². The normalized spacial score (nSPS) is 13.9. The zero-order valence-corrected chi connectivity index (χ0v) is 14.2. The quantitative estimate of drug-likeness (QED) is 0.875. The van der Waals surface area contributed by atoms with Crippen LogP contribution in [-0.2, 0) is 11.8 Å². The highest BCUT2D eigenvalue weighted by Crippen LogP contribution is 2.13. The van der Waals surface area contributed by atoms with Gasteiger partial charge in [0.25, 0.3) is 0 Å². The van der Waals surface area contributed by atoms with E-state index in [9.17, 15) is 4.79 Å². The molecule has 0 fully saturated rings. The lowest BCUT2D eigenvalue weighted by molar-refractivity contribution is 0.0471. The Labute approximate surface area is 127 Å². The van der Waals surface area contributed by atoms with Crippen LogP contribution in [0.2, 0.25) is 0 Å². The van der Waals surface area contributed by atoms with Crippen molar-refractivity contribution in [1.29, 1.82) is 0 Å². The lowest BCUT2D eigenvalue weighted by Gasteiger charge is -2.30. The van der Waals surface area contributed by atoms with E-state index >= 15 is 0 Å². The summed E-state index contributed by atoms with van der Waals surface area (Å²) in [5.41, 5.74) is 0.223. The molecule has 6 heteroatoms. The van der Waals surface area contributed by atoms with Crippen LogP contribution in [0, 0.1) is 0 Å². The number of rotatable bonds is 5. The number of aryl methyl sites for hydroxylation is 1. The number of aromatic nitrogens is 2. The van der Waals surface area contributed by atoms with Gasteiger partial charge in [0.15, 0.2) is 0 Å². The van der Waals surface area contributed by atoms with Crippen molar-refractivity contribution in [2.45, 2.75) is 58.7 Å². The van der Waals surface area contributed by atoms with E-state index in [0.717, 1.165) is 5.56 Å². The molecular weight excluding hydrogens is 268 g/mol. The second-order valence-corrected chi connectivity index (χ2v) is 7.06. The van der Waals surface area contributed by atoms with Crippen LogP contribution in [0.15, 0.2) is 12.4 Å². The van der Waals surface area contributed by atoms with E-state index in [2.05, 4.69) is 22.7 Å². The Morgan fingerprint density at radius 1 is 1.38 bits per heavy atom. The molecule has 0 aliphatic heterocycles. The number of nitrogens with zero attached hydrogens (tertiary/aromatic N) is 2. The van der Waals surface area contributed by atoms with Crippen molar-refractivity contribution < 1.29 is 9.53 Å². The van der Waals surface area contributed by atoms with E-state index < -0.39 is 17.2 Å². The fourth-order valence-corrected chi connectivity index (χ4v) is 1.81. The molecule has 0 aliphatic rings. The molecule has 1 atom stereocenters. The fourth-order valence-electron chi connectivity index (χ4n) is 1.81. The summed E-state index contributed by atoms with van der Waals surface area (Å²) in [6, 6.07) is 0.165. The maximum absolute atomic E-state index is 11.8. The first kappa shape index (κ1) is 17.5. The summed E-state index contributed by atoms with van der Waals surface area (Å²) in [5, 5.41) is 10.4. The Hall–Kier alpha value is -1.56. The highest BCUT2D eigenvalue weighted by atomic mass is 16.6. The molecule has 1 aromatic heterocycles. The van der Waals surface area contributed by atoms with E-state index in [1.165, 1.54) is 0 Å². The zero-order chi connectivity index (χ0) is 16.3. The van der Waals surface area contributed by atoms with Crippen molar-refractivity contribution in [3.05, 3.63) is 18.0 Å². The van der Waals surface area contributed by atoms with E-state index in [1.807, 2.05) is 54.1 Å². The molecule has 0 spiro atoms. The molecule has 0 aliphatic carbocycles. The smallest absolute Gasteiger partial charge is 0.408 e. The Kier molecular flexibility index (Phi) is 5.39. The van der Waals surface area contributed by atoms with Crippen LogP contribution in [0.4, 0.5) is 4.79 Å². The molecule has 1 aromatic rings. The van der Waals surface area contributed by atoms with Crippen molar-refractivity contribution in [1.82, 2.24) is 20.4 Å². The molecular formula is C15H28N4O2. The predicted octanol–water partition coefficient (Wildman–Crippen LogP) is 2.37. The fraction of sp³-hybridized carbons (Fsp3) is 0.733. The summed E-state index contributed by atoms with van der Waals surface area (Å²) < 4.78 is 7.05. The number of hydrogen-bond acceptors (Lipinski definition) is 4. The molecule has 1 amide bonds. The number of carbonyl (C=O) groups excluding carboxylic acids is 1. The summed E-state index contributed by atoms with van der Waals surface area (Å²) in [4.78, 5) is 11.8. The standard InChI is InChI=1S/C15H28N4O2/c1-11(12-8-17-19(7)9-12)16-10-15(5,6)18-13(20)21-14(2,3)4/h8-9,11,16H,10H2,1-7H3,(H,18,20). The van der Waals surface area contributed by atoms with Crippen molar-refractivity contribution in [2.75, 3.05) is 6.54 Å². The lowest BCUT2D eigenvalue weighted by atomic mass is 10.0. The molecule has 0 aromatic carbocycles. The molecule has 0 saturated heterocycles. The van der Waals surface area contributed by atoms with E-state index in [-0.39, 0.29) is 6.04 Å². The summed E-state index contributed by atoms with van der Waals surface area (Å²) in [6.45, 7) is 12.2. The minimum atomic E-state index is -0.489. The first-order chi connectivity index (χ1) is 9.48. The predicted molar refractivity (Wildman–Crippen MR) is 83.1 cm³/mol. The van der Waals surface area contributed by atoms with Crippen LogP contribution in [0.25, 0.3) is 0 Å². The van der Waals surface area contributed by atoms with E-state index in [1.54, 1.807) is 4.68 Å². The summed E-state index contributed by atoms with van der Waals surface area (Å²) in [7, 11) is 1.89. The average Bonchev–Trinajstić information content (AvgIpc) is 2.69. The minimum Gasteiger partial charge on any atom is -0.444 e. The van der Waals surface area contributed by atoms with Gasteiger partial charge in [0.05, 0.1) is 11.7 Å². The number of carbonyl (C=O) groups is 1. The second kappa shape index (κ2) is 6.47. The number of alkyl carbamates (subject to hydrolysis) is 1. The van der Waals surface area contributed by atoms with Crippen molar-refractivity contribution in [2.24, 2.45) is 7.05 Å². The van der Waals surface area contributed by atoms with Crippen LogP contribution in [0.5, 0.6) is 0 Å². The molecule has 0 radical (unpaired) electrons. The number of amides is 1. The van der Waals surface area contributed by atoms with Gasteiger partial charge in [-0.3, -0.25) is 4.68 Å². The van der Waals surface area contributed by atoms with Crippen LogP contribution in [0.1, 0.15) is 53.1 Å². The monoisotopic (exact) mass is 296 g/mol. The van der Waals surface area contributed by atoms with Gasteiger partial charge in [-0.2, -0.15) is 5.10 Å². The second-order valence-electron chi connectivity index (χ2n) is 7.06. The summed E-state index contributed by atoms with van der Waals surface area (Å²) in [6.07, 6.45) is 3.42. The van der Waals surface area contributed by atoms with Gasteiger partial charge in [-0.05, 0) is 41.5 Å². The first-order valence-electron chi connectivity index (χ1n) is 7.22. The van der Waals surface area contributed by atoms with Crippen LogP contribution in [-0.4, -0.2) is 33.6 Å². The number of hydrogen-bond donors (Lipinski definition) is 2. The maximum atomic E-state index is 11.8. The van der Waals surface area contributed by atoms with Gasteiger partial charge in [-0.25, -0.2) is 4.79 Å². The molecule has 21 heavy (non-hydrogen) atoms. The number of nitrogens with one attached hydrogen (secondary N) is 2. The maximum Gasteiger partial charge on any atom is 0.408 e. The first-order valence-corrected chi connectivity index (χ1v) is 7.22. The summed E-state index contributed by atoms with van der Waals surface area (Å²) >= 11 is 0. The largest absolute Gasteiger partial charge is 0.444 e. The highest BCUT2D eigenvalue weighted by Gasteiger charge is 2.25. The third kappa shape index (κ3) is 6.62. The number of ether oxygens (including phenoxy) is 1. The topological polar surface area (TPSA) is 68.2 Å². The Morgan fingerprint density at radius 3 is 2.48 bits per heavy atom. The Morgan fingerprint density at radius 2 is 2.00 bits per heavy atom. The van der Waals surface area contributed by atoms with Crippen molar-refractivity contribution >= 4 is 6.09 Å². The van der Waals surface area contributed by atoms with E-state index in [0.29, 0.717) is 6.54 Å². The Balaban J connectivity index is 2.47. The zero-order valence-electron chi connectivity index (χ0n) is 14.2. The molecule has 1 unspecified atom stereocenters. The molecule has 6 nitrogen and oxygen atoms in total. The van der Waals surface area contributed by atoms with Gasteiger partial charge in [0.1, 0.15) is 5.60 Å². The van der Waals surface area contributed by atoms with Gasteiger partial charge in [0, 0.05) is 31.4 Å². The molecule has 1 heterocycles. The van der Waals surface area contributed by atoms with Crippen LogP contribution in [0.3, 0.4) is 0 Å². The van der Waals surface area contributed by atoms with Gasteiger partial charge in [-0.1, -0.05) is 0 Å². The molecule has 1 rings (SSSR count). The van der Waals surface area contributed by atoms with Crippen molar-refractivity contribution in [3.8, 4) is 0 Å². The molecule has 0 saturated carbocycles. The third-order valence-electron chi connectivity index (χ3n) is 2.91. The molecule has 120 valence electrons. The van der Waals surface area contributed by atoms with Crippen molar-refractivity contribution in [3.63, 3.8) is 0 Å². The van der Waals surface area contributed by atoms with E-state index in [4.69, 9.17) is 4.74 Å².